The summed E-state index contributed by atoms with van der Waals surface area (Å²) in [5, 5.41) is 21.8. The molecule has 148 valence electrons. The Morgan fingerprint density at radius 1 is 1.25 bits per heavy atom. The Bertz CT molecular complexity index is 1170. The van der Waals surface area contributed by atoms with Gasteiger partial charge in [0.2, 0.25) is 0 Å². The van der Waals surface area contributed by atoms with Crippen LogP contribution in [0.3, 0.4) is 0 Å². The molecule has 0 saturated carbocycles. The molecular formula is C18H18FIN4O4. The summed E-state index contributed by atoms with van der Waals surface area (Å²) < 4.78 is 17.4. The van der Waals surface area contributed by atoms with E-state index in [9.17, 15) is 24.2 Å². The fraction of sp³-hybridized carbons (Fsp3) is 0.278. The molecular weight excluding hydrogens is 482 g/mol. The summed E-state index contributed by atoms with van der Waals surface area (Å²) in [6, 6.07) is 3.64. The van der Waals surface area contributed by atoms with Crippen LogP contribution < -0.4 is 16.4 Å². The largest absolute Gasteiger partial charge is 0.394 e. The number of halogens is 2. The van der Waals surface area contributed by atoms with E-state index >= 15 is 0 Å². The molecule has 0 atom stereocenters. The van der Waals surface area contributed by atoms with Gasteiger partial charge < -0.3 is 15.5 Å². The van der Waals surface area contributed by atoms with Crippen LogP contribution >= 0.6 is 22.6 Å². The molecule has 0 aliphatic carbocycles. The highest BCUT2D eigenvalue weighted by Gasteiger charge is 2.21. The summed E-state index contributed by atoms with van der Waals surface area (Å²) in [5.74, 6) is -0.534. The van der Waals surface area contributed by atoms with Gasteiger partial charge in [0.15, 0.2) is 5.65 Å². The van der Waals surface area contributed by atoms with Crippen molar-refractivity contribution in [2.75, 3.05) is 18.5 Å². The van der Waals surface area contributed by atoms with Crippen molar-refractivity contribution in [1.82, 2.24) is 14.1 Å². The van der Waals surface area contributed by atoms with Crippen molar-refractivity contribution in [2.24, 2.45) is 7.05 Å². The van der Waals surface area contributed by atoms with E-state index in [0.29, 0.717) is 3.57 Å². The Kier molecular flexibility index (Phi) is 5.82. The number of rotatable bonds is 5. The van der Waals surface area contributed by atoms with E-state index in [1.54, 1.807) is 6.07 Å². The number of nitrogens with one attached hydrogen (secondary N) is 1. The monoisotopic (exact) mass is 500 g/mol. The molecule has 0 bridgehead atoms. The van der Waals surface area contributed by atoms with Crippen LogP contribution in [0.4, 0.5) is 15.8 Å². The molecule has 2 heterocycles. The summed E-state index contributed by atoms with van der Waals surface area (Å²) in [6.07, 6.45) is 1.17. The number of anilines is 2. The second-order valence-corrected chi connectivity index (χ2v) is 7.53. The molecule has 0 amide bonds. The van der Waals surface area contributed by atoms with E-state index in [2.05, 4.69) is 10.3 Å². The standard InChI is InChI=1S/C18H18FIN4O4/c1-9-15(22-13-4-3-10(20)5-12(13)19)14-16(23(2)17(9)27)21-8-24(18(14)28)11(6-25)7-26/h3-5,8,11,22,25-26H,6-7H2,1-2H3. The first-order valence-electron chi connectivity index (χ1n) is 8.34. The van der Waals surface area contributed by atoms with Crippen molar-refractivity contribution < 1.29 is 14.6 Å². The molecule has 0 fully saturated rings. The van der Waals surface area contributed by atoms with E-state index in [-0.39, 0.29) is 33.5 Å². The third-order valence-electron chi connectivity index (χ3n) is 4.55. The molecule has 8 nitrogen and oxygen atoms in total. The SMILES string of the molecule is Cc1c(Nc2ccc(I)cc2F)c2c(=O)n(C(CO)CO)cnc2n(C)c1=O. The summed E-state index contributed by atoms with van der Waals surface area (Å²) in [6.45, 7) is 0.590. The average Bonchev–Trinajstić information content (AvgIpc) is 2.67. The van der Waals surface area contributed by atoms with E-state index in [1.807, 2.05) is 22.6 Å². The number of hydrogen-bond acceptors (Lipinski definition) is 6. The van der Waals surface area contributed by atoms with Gasteiger partial charge >= 0.3 is 0 Å². The Balaban J connectivity index is 2.35. The van der Waals surface area contributed by atoms with Crippen LogP contribution in [0, 0.1) is 16.3 Å². The van der Waals surface area contributed by atoms with E-state index in [4.69, 9.17) is 0 Å². The van der Waals surface area contributed by atoms with Crippen molar-refractivity contribution in [3.63, 3.8) is 0 Å². The molecule has 3 rings (SSSR count). The lowest BCUT2D eigenvalue weighted by molar-refractivity contribution is 0.152. The fourth-order valence-corrected chi connectivity index (χ4v) is 3.40. The van der Waals surface area contributed by atoms with Crippen LogP contribution in [0.5, 0.6) is 0 Å². The predicted molar refractivity (Wildman–Crippen MR) is 112 cm³/mol. The summed E-state index contributed by atoms with van der Waals surface area (Å²) in [7, 11) is 1.49. The van der Waals surface area contributed by atoms with Crippen molar-refractivity contribution in [3.8, 4) is 0 Å². The Hall–Kier alpha value is -2.31. The molecule has 1 aromatic carbocycles. The smallest absolute Gasteiger partial charge is 0.265 e. The molecule has 10 heteroatoms. The number of fused-ring (bicyclic) bond motifs is 1. The Morgan fingerprint density at radius 2 is 1.93 bits per heavy atom. The van der Waals surface area contributed by atoms with Gasteiger partial charge in [0.25, 0.3) is 11.1 Å². The van der Waals surface area contributed by atoms with Crippen molar-refractivity contribution in [2.45, 2.75) is 13.0 Å². The van der Waals surface area contributed by atoms with Crippen LogP contribution in [0.15, 0.2) is 34.1 Å². The molecule has 0 spiro atoms. The molecule has 28 heavy (non-hydrogen) atoms. The number of aryl methyl sites for hydroxylation is 1. The Morgan fingerprint density at radius 3 is 2.54 bits per heavy atom. The maximum absolute atomic E-state index is 14.3. The fourth-order valence-electron chi connectivity index (χ4n) is 2.95. The maximum atomic E-state index is 14.3. The summed E-state index contributed by atoms with van der Waals surface area (Å²) >= 11 is 1.98. The van der Waals surface area contributed by atoms with Gasteiger partial charge in [-0.1, -0.05) is 0 Å². The molecule has 2 aromatic heterocycles. The van der Waals surface area contributed by atoms with Crippen LogP contribution in [-0.4, -0.2) is 37.5 Å². The van der Waals surface area contributed by atoms with Crippen molar-refractivity contribution in [3.05, 3.63) is 60.2 Å². The third kappa shape index (κ3) is 3.42. The minimum absolute atomic E-state index is 0.0620. The van der Waals surface area contributed by atoms with Crippen LogP contribution in [0.2, 0.25) is 0 Å². The Labute approximate surface area is 172 Å². The van der Waals surface area contributed by atoms with E-state index in [0.717, 1.165) is 4.57 Å². The number of hydrogen-bond donors (Lipinski definition) is 3. The quantitative estimate of drug-likeness (QED) is 0.458. The van der Waals surface area contributed by atoms with Gasteiger partial charge in [-0.2, -0.15) is 0 Å². The lowest BCUT2D eigenvalue weighted by Crippen LogP contribution is -2.32. The van der Waals surface area contributed by atoms with Gasteiger partial charge in [-0.25, -0.2) is 9.37 Å². The normalized spacial score (nSPS) is 11.4. The number of aliphatic hydroxyl groups excluding tert-OH is 2. The van der Waals surface area contributed by atoms with E-state index < -0.39 is 30.6 Å². The van der Waals surface area contributed by atoms with Crippen LogP contribution in [0.1, 0.15) is 11.6 Å². The van der Waals surface area contributed by atoms with Gasteiger partial charge in [0.1, 0.15) is 17.5 Å². The third-order valence-corrected chi connectivity index (χ3v) is 5.22. The first-order chi connectivity index (χ1) is 13.3. The molecule has 3 aromatic rings. The maximum Gasteiger partial charge on any atom is 0.265 e. The first-order valence-corrected chi connectivity index (χ1v) is 9.42. The highest BCUT2D eigenvalue weighted by atomic mass is 127. The molecule has 0 unspecified atom stereocenters. The predicted octanol–water partition coefficient (Wildman–Crippen LogP) is 1.42. The van der Waals surface area contributed by atoms with Crippen molar-refractivity contribution >= 4 is 45.0 Å². The molecule has 0 radical (unpaired) electrons. The summed E-state index contributed by atoms with van der Waals surface area (Å²) in [5.41, 5.74) is -0.376. The molecule has 0 aliphatic heterocycles. The molecule has 0 saturated heterocycles. The second-order valence-electron chi connectivity index (χ2n) is 6.29. The van der Waals surface area contributed by atoms with E-state index in [1.165, 1.54) is 37.0 Å². The van der Waals surface area contributed by atoms with Gasteiger partial charge in [0.05, 0.1) is 30.6 Å². The zero-order valence-electron chi connectivity index (χ0n) is 15.1. The van der Waals surface area contributed by atoms with Crippen LogP contribution in [0.25, 0.3) is 11.0 Å². The molecule has 3 N–H and O–H groups in total. The lowest BCUT2D eigenvalue weighted by atomic mass is 10.1. The highest BCUT2D eigenvalue weighted by molar-refractivity contribution is 14.1. The lowest BCUT2D eigenvalue weighted by Gasteiger charge is -2.18. The minimum Gasteiger partial charge on any atom is -0.394 e. The van der Waals surface area contributed by atoms with Crippen molar-refractivity contribution in [1.29, 1.82) is 0 Å². The second kappa shape index (κ2) is 7.97. The van der Waals surface area contributed by atoms with Gasteiger partial charge in [0, 0.05) is 16.2 Å². The summed E-state index contributed by atoms with van der Waals surface area (Å²) in [4.78, 5) is 29.8. The number of nitrogens with zero attached hydrogens (tertiary/aromatic N) is 3. The highest BCUT2D eigenvalue weighted by Crippen LogP contribution is 2.27. The van der Waals surface area contributed by atoms with Gasteiger partial charge in [-0.15, -0.1) is 0 Å². The molecule has 0 aliphatic rings. The first kappa shape index (κ1) is 20.4. The zero-order chi connectivity index (χ0) is 20.6. The van der Waals surface area contributed by atoms with Gasteiger partial charge in [-0.05, 0) is 47.7 Å². The van der Waals surface area contributed by atoms with Crippen LogP contribution in [-0.2, 0) is 7.05 Å². The number of aromatic nitrogens is 3. The number of benzene rings is 1. The number of pyridine rings is 1. The zero-order valence-corrected chi connectivity index (χ0v) is 17.3. The van der Waals surface area contributed by atoms with Gasteiger partial charge in [-0.3, -0.25) is 18.7 Å². The topological polar surface area (TPSA) is 109 Å². The average molecular weight is 500 g/mol. The number of aliphatic hydroxyl groups is 2. The minimum atomic E-state index is -0.884.